The summed E-state index contributed by atoms with van der Waals surface area (Å²) in [6.07, 6.45) is 7.07. The average molecular weight is 297 g/mol. The highest BCUT2D eigenvalue weighted by Gasteiger charge is 2.30. The molecule has 0 radical (unpaired) electrons. The Labute approximate surface area is 129 Å². The van der Waals surface area contributed by atoms with Crippen LogP contribution in [0.3, 0.4) is 0 Å². The van der Waals surface area contributed by atoms with Gasteiger partial charge in [-0.2, -0.15) is 0 Å². The highest BCUT2D eigenvalue weighted by molar-refractivity contribution is 5.68. The molecule has 2 heterocycles. The van der Waals surface area contributed by atoms with Crippen LogP contribution in [0.4, 0.5) is 4.79 Å². The summed E-state index contributed by atoms with van der Waals surface area (Å²) in [5.74, 6) is 0. The van der Waals surface area contributed by atoms with E-state index in [1.807, 2.05) is 25.7 Å². The Hall–Kier alpha value is -0.810. The molecule has 0 bridgehead atoms. The Bertz CT molecular complexity index is 335. The molecule has 1 unspecified atom stereocenters. The van der Waals surface area contributed by atoms with Gasteiger partial charge in [0.05, 0.1) is 0 Å². The number of hydrazine groups is 1. The van der Waals surface area contributed by atoms with Crippen molar-refractivity contribution in [2.24, 2.45) is 0 Å². The molecule has 0 aromatic carbocycles. The molecule has 122 valence electrons. The van der Waals surface area contributed by atoms with Crippen molar-refractivity contribution in [1.29, 1.82) is 0 Å². The van der Waals surface area contributed by atoms with Crippen molar-refractivity contribution in [3.05, 3.63) is 0 Å². The lowest BCUT2D eigenvalue weighted by Gasteiger charge is -2.38. The third-order valence-corrected chi connectivity index (χ3v) is 4.16. The number of carbonyl (C=O) groups is 1. The first-order valence-electron chi connectivity index (χ1n) is 8.44. The monoisotopic (exact) mass is 297 g/mol. The standard InChI is InChI=1S/C16H31N3O2/c1-16(2,3)21-15(20)19-12-8-5-9-14(19)13-17-18-10-6-4-7-11-18/h14,17H,4-13H2,1-3H3. The van der Waals surface area contributed by atoms with Gasteiger partial charge >= 0.3 is 6.09 Å². The van der Waals surface area contributed by atoms with Gasteiger partial charge in [-0.15, -0.1) is 0 Å². The van der Waals surface area contributed by atoms with E-state index >= 15 is 0 Å². The fraction of sp³-hybridized carbons (Fsp3) is 0.938. The van der Waals surface area contributed by atoms with E-state index in [4.69, 9.17) is 4.74 Å². The molecule has 2 aliphatic rings. The van der Waals surface area contributed by atoms with Crippen molar-refractivity contribution in [3.63, 3.8) is 0 Å². The largest absolute Gasteiger partial charge is 0.444 e. The molecule has 5 heteroatoms. The maximum Gasteiger partial charge on any atom is 0.410 e. The summed E-state index contributed by atoms with van der Waals surface area (Å²) in [7, 11) is 0. The number of rotatable bonds is 3. The quantitative estimate of drug-likeness (QED) is 0.870. The zero-order chi connectivity index (χ0) is 15.3. The number of amides is 1. The Balaban J connectivity index is 1.84. The van der Waals surface area contributed by atoms with Crippen molar-refractivity contribution >= 4 is 6.09 Å². The molecule has 0 aromatic heterocycles. The zero-order valence-electron chi connectivity index (χ0n) is 13.9. The molecule has 21 heavy (non-hydrogen) atoms. The predicted molar refractivity (Wildman–Crippen MR) is 84.0 cm³/mol. The molecule has 0 aliphatic carbocycles. The highest BCUT2D eigenvalue weighted by Crippen LogP contribution is 2.20. The molecule has 1 atom stereocenters. The third kappa shape index (κ3) is 5.47. The molecule has 2 saturated heterocycles. The van der Waals surface area contributed by atoms with Crippen molar-refractivity contribution in [3.8, 4) is 0 Å². The summed E-state index contributed by atoms with van der Waals surface area (Å²) >= 11 is 0. The van der Waals surface area contributed by atoms with Crippen LogP contribution in [0.5, 0.6) is 0 Å². The second kappa shape index (κ2) is 7.45. The summed E-state index contributed by atoms with van der Waals surface area (Å²) in [4.78, 5) is 14.3. The molecule has 2 aliphatic heterocycles. The van der Waals surface area contributed by atoms with Crippen LogP contribution in [-0.2, 0) is 4.74 Å². The van der Waals surface area contributed by atoms with E-state index in [-0.39, 0.29) is 12.1 Å². The zero-order valence-corrected chi connectivity index (χ0v) is 13.9. The van der Waals surface area contributed by atoms with Crippen LogP contribution < -0.4 is 5.43 Å². The number of nitrogens with zero attached hydrogens (tertiary/aromatic N) is 2. The Morgan fingerprint density at radius 1 is 1.10 bits per heavy atom. The van der Waals surface area contributed by atoms with Crippen molar-refractivity contribution in [2.45, 2.75) is 70.9 Å². The van der Waals surface area contributed by atoms with E-state index in [1.165, 1.54) is 25.7 Å². The van der Waals surface area contributed by atoms with Crippen LogP contribution in [0.2, 0.25) is 0 Å². The number of hydrogen-bond donors (Lipinski definition) is 1. The predicted octanol–water partition coefficient (Wildman–Crippen LogP) is 2.77. The maximum absolute atomic E-state index is 12.3. The van der Waals surface area contributed by atoms with Crippen LogP contribution >= 0.6 is 0 Å². The van der Waals surface area contributed by atoms with E-state index in [2.05, 4.69) is 10.4 Å². The van der Waals surface area contributed by atoms with Crippen LogP contribution in [0, 0.1) is 0 Å². The summed E-state index contributed by atoms with van der Waals surface area (Å²) in [5.41, 5.74) is 3.11. The van der Waals surface area contributed by atoms with Crippen molar-refractivity contribution in [2.75, 3.05) is 26.2 Å². The third-order valence-electron chi connectivity index (χ3n) is 4.16. The maximum atomic E-state index is 12.3. The number of nitrogens with one attached hydrogen (secondary N) is 1. The summed E-state index contributed by atoms with van der Waals surface area (Å²) < 4.78 is 5.54. The molecule has 0 spiro atoms. The minimum absolute atomic E-state index is 0.160. The molecule has 0 aromatic rings. The van der Waals surface area contributed by atoms with Gasteiger partial charge in [-0.3, -0.25) is 5.43 Å². The first-order chi connectivity index (χ1) is 9.96. The normalized spacial score (nSPS) is 24.9. The van der Waals surface area contributed by atoms with Crippen LogP contribution in [0.15, 0.2) is 0 Å². The second-order valence-electron chi connectivity index (χ2n) is 7.23. The lowest BCUT2D eigenvalue weighted by atomic mass is 10.0. The Morgan fingerprint density at radius 2 is 1.76 bits per heavy atom. The summed E-state index contributed by atoms with van der Waals surface area (Å²) in [5, 5.41) is 2.31. The van der Waals surface area contributed by atoms with Gasteiger partial charge in [0.25, 0.3) is 0 Å². The summed E-state index contributed by atoms with van der Waals surface area (Å²) in [6, 6.07) is 0.260. The van der Waals surface area contributed by atoms with Crippen LogP contribution in [0.25, 0.3) is 0 Å². The molecular formula is C16H31N3O2. The van der Waals surface area contributed by atoms with Gasteiger partial charge < -0.3 is 9.64 Å². The lowest BCUT2D eigenvalue weighted by Crippen LogP contribution is -2.53. The first kappa shape index (κ1) is 16.6. The molecule has 2 rings (SSSR count). The van der Waals surface area contributed by atoms with Crippen molar-refractivity contribution < 1.29 is 9.53 Å². The van der Waals surface area contributed by atoms with Crippen LogP contribution in [-0.4, -0.2) is 53.8 Å². The minimum atomic E-state index is -0.417. The number of carbonyl (C=O) groups excluding carboxylic acids is 1. The first-order valence-corrected chi connectivity index (χ1v) is 8.44. The van der Waals surface area contributed by atoms with Gasteiger partial charge in [0.15, 0.2) is 0 Å². The molecule has 0 saturated carbocycles. The van der Waals surface area contributed by atoms with E-state index in [0.717, 1.165) is 39.0 Å². The van der Waals surface area contributed by atoms with E-state index in [9.17, 15) is 4.79 Å². The number of piperidine rings is 2. The van der Waals surface area contributed by atoms with Gasteiger partial charge in [0, 0.05) is 32.2 Å². The SMILES string of the molecule is CC(C)(C)OC(=O)N1CCCCC1CNN1CCCCC1. The number of hydrogen-bond acceptors (Lipinski definition) is 4. The minimum Gasteiger partial charge on any atom is -0.444 e. The number of ether oxygens (including phenoxy) is 1. The summed E-state index contributed by atoms with van der Waals surface area (Å²) in [6.45, 7) is 9.69. The van der Waals surface area contributed by atoms with Gasteiger partial charge in [-0.1, -0.05) is 6.42 Å². The average Bonchev–Trinajstić information content (AvgIpc) is 2.45. The smallest absolute Gasteiger partial charge is 0.410 e. The molecule has 2 fully saturated rings. The topological polar surface area (TPSA) is 44.8 Å². The van der Waals surface area contributed by atoms with E-state index in [1.54, 1.807) is 0 Å². The Morgan fingerprint density at radius 3 is 2.43 bits per heavy atom. The van der Waals surface area contributed by atoms with Crippen LogP contribution in [0.1, 0.15) is 59.3 Å². The van der Waals surface area contributed by atoms with Gasteiger partial charge in [-0.05, 0) is 52.9 Å². The fourth-order valence-corrected chi connectivity index (χ4v) is 3.06. The lowest BCUT2D eigenvalue weighted by molar-refractivity contribution is 0.00651. The van der Waals surface area contributed by atoms with E-state index in [0.29, 0.717) is 0 Å². The van der Waals surface area contributed by atoms with Gasteiger partial charge in [-0.25, -0.2) is 9.80 Å². The Kier molecular flexibility index (Phi) is 5.88. The van der Waals surface area contributed by atoms with Gasteiger partial charge in [0.2, 0.25) is 0 Å². The van der Waals surface area contributed by atoms with Crippen molar-refractivity contribution in [1.82, 2.24) is 15.3 Å². The number of likely N-dealkylation sites (tertiary alicyclic amines) is 1. The molecule has 1 amide bonds. The second-order valence-corrected chi connectivity index (χ2v) is 7.23. The molecular weight excluding hydrogens is 266 g/mol. The molecule has 1 N–H and O–H groups in total. The van der Waals surface area contributed by atoms with E-state index < -0.39 is 5.60 Å². The molecule has 5 nitrogen and oxygen atoms in total. The fourth-order valence-electron chi connectivity index (χ4n) is 3.06. The van der Waals surface area contributed by atoms with Gasteiger partial charge in [0.1, 0.15) is 5.60 Å². The highest BCUT2D eigenvalue weighted by atomic mass is 16.6.